The first-order chi connectivity index (χ1) is 16.8. The number of anilines is 1. The molecule has 5 rings (SSSR count). The fraction of sp³-hybridized carbons (Fsp3) is 0.250. The maximum atomic E-state index is 13.2. The van der Waals surface area contributed by atoms with E-state index in [1.165, 1.54) is 11.9 Å². The van der Waals surface area contributed by atoms with E-state index in [0.29, 0.717) is 12.8 Å². The number of likely N-dealkylation sites (N-methyl/N-ethyl adjacent to an activating group) is 1. The minimum atomic E-state index is -1.18. The number of rotatable bonds is 6. The molecular formula is C28H26N2O5. The highest BCUT2D eigenvalue weighted by molar-refractivity contribution is 6.05. The predicted molar refractivity (Wildman–Crippen MR) is 132 cm³/mol. The van der Waals surface area contributed by atoms with E-state index in [4.69, 9.17) is 4.74 Å². The zero-order valence-corrected chi connectivity index (χ0v) is 19.6. The first-order valence-corrected chi connectivity index (χ1v) is 11.6. The highest BCUT2D eigenvalue weighted by atomic mass is 16.5. The van der Waals surface area contributed by atoms with Crippen LogP contribution < -0.4 is 5.32 Å². The summed E-state index contributed by atoms with van der Waals surface area (Å²) in [5.41, 5.74) is 4.65. The molecule has 35 heavy (non-hydrogen) atoms. The summed E-state index contributed by atoms with van der Waals surface area (Å²) in [5, 5.41) is 12.3. The van der Waals surface area contributed by atoms with Crippen LogP contribution in [-0.2, 0) is 9.53 Å². The maximum Gasteiger partial charge on any atom is 0.411 e. The van der Waals surface area contributed by atoms with Gasteiger partial charge in [-0.15, -0.1) is 0 Å². The van der Waals surface area contributed by atoms with Crippen molar-refractivity contribution in [3.63, 3.8) is 0 Å². The molecule has 0 radical (unpaired) electrons. The number of nitrogens with one attached hydrogen (secondary N) is 1. The topological polar surface area (TPSA) is 95.9 Å². The normalized spacial score (nSPS) is 15.0. The summed E-state index contributed by atoms with van der Waals surface area (Å²) in [6.45, 7) is 1.98. The van der Waals surface area contributed by atoms with Gasteiger partial charge >= 0.3 is 12.1 Å². The van der Waals surface area contributed by atoms with Crippen LogP contribution in [0.5, 0.6) is 0 Å². The van der Waals surface area contributed by atoms with Crippen molar-refractivity contribution in [2.24, 2.45) is 0 Å². The standard InChI is InChI=1S/C28H26N2O5/c1-17-11-12-24(22(15-17)25(31)30(2)28(13-14-28)26(32)33)29-27(34)35-16-23-20-9-5-3-7-18(20)19-8-4-6-10-21(19)23/h3-12,15,23H,13-14,16H2,1-2H3,(H,29,34)(H,32,33). The fourth-order valence-electron chi connectivity index (χ4n) is 4.87. The summed E-state index contributed by atoms with van der Waals surface area (Å²) in [5.74, 6) is -1.56. The number of benzene rings is 3. The first-order valence-electron chi connectivity index (χ1n) is 11.6. The van der Waals surface area contributed by atoms with Crippen LogP contribution in [0.15, 0.2) is 66.7 Å². The van der Waals surface area contributed by atoms with E-state index in [0.717, 1.165) is 27.8 Å². The first kappa shape index (κ1) is 22.7. The molecule has 2 aliphatic carbocycles. The lowest BCUT2D eigenvalue weighted by molar-refractivity contribution is -0.143. The van der Waals surface area contributed by atoms with Crippen LogP contribution >= 0.6 is 0 Å². The third-order valence-electron chi connectivity index (χ3n) is 7.05. The summed E-state index contributed by atoms with van der Waals surface area (Å²) < 4.78 is 5.62. The smallest absolute Gasteiger partial charge is 0.411 e. The van der Waals surface area contributed by atoms with Crippen molar-refractivity contribution < 1.29 is 24.2 Å². The number of aliphatic carboxylic acids is 1. The van der Waals surface area contributed by atoms with E-state index in [2.05, 4.69) is 17.4 Å². The number of carbonyl (C=O) groups is 3. The van der Waals surface area contributed by atoms with Crippen molar-refractivity contribution in [1.29, 1.82) is 0 Å². The number of hydrogen-bond acceptors (Lipinski definition) is 4. The van der Waals surface area contributed by atoms with Crippen LogP contribution in [-0.4, -0.2) is 47.2 Å². The monoisotopic (exact) mass is 470 g/mol. The van der Waals surface area contributed by atoms with Crippen LogP contribution in [0.25, 0.3) is 11.1 Å². The number of hydrogen-bond donors (Lipinski definition) is 2. The molecule has 0 spiro atoms. The molecule has 0 atom stereocenters. The average Bonchev–Trinajstić information content (AvgIpc) is 3.61. The van der Waals surface area contributed by atoms with Gasteiger partial charge in [-0.2, -0.15) is 0 Å². The van der Waals surface area contributed by atoms with Gasteiger partial charge in [-0.05, 0) is 54.2 Å². The molecule has 3 aromatic carbocycles. The molecule has 2 aliphatic rings. The van der Waals surface area contributed by atoms with Crippen LogP contribution in [0.1, 0.15) is 45.8 Å². The average molecular weight is 471 g/mol. The van der Waals surface area contributed by atoms with Gasteiger partial charge in [-0.3, -0.25) is 10.1 Å². The Morgan fingerprint density at radius 2 is 1.60 bits per heavy atom. The predicted octanol–water partition coefficient (Wildman–Crippen LogP) is 5.05. The van der Waals surface area contributed by atoms with Crippen LogP contribution in [0.4, 0.5) is 10.5 Å². The van der Waals surface area contributed by atoms with Crippen molar-refractivity contribution in [3.8, 4) is 11.1 Å². The highest BCUT2D eigenvalue weighted by Gasteiger charge is 2.55. The molecule has 1 fully saturated rings. The number of carboxylic acids is 1. The third-order valence-corrected chi connectivity index (χ3v) is 7.05. The Balaban J connectivity index is 1.33. The molecule has 2 amide bonds. The molecule has 7 nitrogen and oxygen atoms in total. The Kier molecular flexibility index (Phi) is 5.55. The van der Waals surface area contributed by atoms with Crippen molar-refractivity contribution in [1.82, 2.24) is 4.90 Å². The molecule has 2 N–H and O–H groups in total. The van der Waals surface area contributed by atoms with Gasteiger partial charge in [0.05, 0.1) is 11.3 Å². The summed E-state index contributed by atoms with van der Waals surface area (Å²) in [7, 11) is 1.49. The zero-order chi connectivity index (χ0) is 24.7. The van der Waals surface area contributed by atoms with Gasteiger partial charge < -0.3 is 14.7 Å². The number of carboxylic acid groups (broad SMARTS) is 1. The van der Waals surface area contributed by atoms with Crippen molar-refractivity contribution in [3.05, 3.63) is 89.0 Å². The van der Waals surface area contributed by atoms with E-state index < -0.39 is 23.5 Å². The van der Waals surface area contributed by atoms with Crippen molar-refractivity contribution in [2.75, 3.05) is 19.0 Å². The Labute approximate surface area is 203 Å². The molecule has 0 saturated heterocycles. The van der Waals surface area contributed by atoms with Gasteiger partial charge in [-0.1, -0.05) is 60.2 Å². The number of carbonyl (C=O) groups excluding carboxylic acids is 2. The van der Waals surface area contributed by atoms with E-state index in [1.807, 2.05) is 43.3 Å². The van der Waals surface area contributed by atoms with Gasteiger partial charge in [0.15, 0.2) is 0 Å². The highest BCUT2D eigenvalue weighted by Crippen LogP contribution is 2.45. The number of fused-ring (bicyclic) bond motifs is 3. The third kappa shape index (κ3) is 3.93. The van der Waals surface area contributed by atoms with Gasteiger partial charge in [0, 0.05) is 13.0 Å². The molecule has 178 valence electrons. The van der Waals surface area contributed by atoms with Gasteiger partial charge in [-0.25, -0.2) is 9.59 Å². The lowest BCUT2D eigenvalue weighted by Gasteiger charge is -2.25. The maximum absolute atomic E-state index is 13.2. The molecule has 0 aromatic heterocycles. The summed E-state index contributed by atoms with van der Waals surface area (Å²) in [4.78, 5) is 38.9. The number of nitrogens with zero attached hydrogens (tertiary/aromatic N) is 1. The molecule has 0 unspecified atom stereocenters. The fourth-order valence-corrected chi connectivity index (χ4v) is 4.87. The Morgan fingerprint density at radius 1 is 1.00 bits per heavy atom. The SMILES string of the molecule is Cc1ccc(NC(=O)OCC2c3ccccc3-c3ccccc32)c(C(=O)N(C)C2(C(=O)O)CC2)c1. The Hall–Kier alpha value is -4.13. The number of aryl methyl sites for hydroxylation is 1. The largest absolute Gasteiger partial charge is 0.479 e. The summed E-state index contributed by atoms with van der Waals surface area (Å²) >= 11 is 0. The minimum absolute atomic E-state index is 0.0799. The zero-order valence-electron chi connectivity index (χ0n) is 19.6. The Morgan fingerprint density at radius 3 is 2.17 bits per heavy atom. The lowest BCUT2D eigenvalue weighted by Crippen LogP contribution is -2.44. The minimum Gasteiger partial charge on any atom is -0.479 e. The second-order valence-electron chi connectivity index (χ2n) is 9.20. The van der Waals surface area contributed by atoms with E-state index >= 15 is 0 Å². The van der Waals surface area contributed by atoms with E-state index in [9.17, 15) is 19.5 Å². The molecular weight excluding hydrogens is 444 g/mol. The molecule has 1 saturated carbocycles. The van der Waals surface area contributed by atoms with E-state index in [1.54, 1.807) is 18.2 Å². The number of ether oxygens (including phenoxy) is 1. The lowest BCUT2D eigenvalue weighted by atomic mass is 9.98. The van der Waals surface area contributed by atoms with Gasteiger partial charge in [0.2, 0.25) is 0 Å². The molecule has 0 bridgehead atoms. The van der Waals surface area contributed by atoms with E-state index in [-0.39, 0.29) is 23.8 Å². The molecule has 3 aromatic rings. The van der Waals surface area contributed by atoms with Crippen molar-refractivity contribution >= 4 is 23.7 Å². The molecule has 7 heteroatoms. The van der Waals surface area contributed by atoms with Crippen LogP contribution in [0, 0.1) is 6.92 Å². The molecule has 0 heterocycles. The van der Waals surface area contributed by atoms with Crippen LogP contribution in [0.3, 0.4) is 0 Å². The summed E-state index contributed by atoms with van der Waals surface area (Å²) in [6.07, 6.45) is 0.142. The second-order valence-corrected chi connectivity index (χ2v) is 9.20. The molecule has 0 aliphatic heterocycles. The van der Waals surface area contributed by atoms with Gasteiger partial charge in [0.1, 0.15) is 12.1 Å². The number of amides is 2. The van der Waals surface area contributed by atoms with Gasteiger partial charge in [0.25, 0.3) is 5.91 Å². The Bertz CT molecular complexity index is 1300. The summed E-state index contributed by atoms with van der Waals surface area (Å²) in [6, 6.07) is 21.2. The van der Waals surface area contributed by atoms with Crippen molar-refractivity contribution in [2.45, 2.75) is 31.2 Å². The quantitative estimate of drug-likeness (QED) is 0.526. The van der Waals surface area contributed by atoms with Crippen LogP contribution in [0.2, 0.25) is 0 Å². The second kappa shape index (κ2) is 8.58.